The zero-order chi connectivity index (χ0) is 16.9. The number of hydrogen-bond donors (Lipinski definition) is 1. The Morgan fingerprint density at radius 3 is 3.08 bits per heavy atom. The normalized spacial score (nSPS) is 19.4. The Morgan fingerprint density at radius 2 is 2.25 bits per heavy atom. The van der Waals surface area contributed by atoms with Crippen molar-refractivity contribution in [1.82, 2.24) is 5.32 Å². The molecule has 6 nitrogen and oxygen atoms in total. The second-order valence-electron chi connectivity index (χ2n) is 6.16. The van der Waals surface area contributed by atoms with Crippen LogP contribution in [0.25, 0.3) is 0 Å². The number of carbonyl (C=O) groups excluding carboxylic acids is 2. The number of aliphatic imine (C=N–C) groups is 1. The third-order valence-electron chi connectivity index (χ3n) is 4.48. The van der Waals surface area contributed by atoms with E-state index in [1.165, 1.54) is 0 Å². The number of nitrogens with one attached hydrogen (secondary N) is 1. The van der Waals surface area contributed by atoms with Crippen LogP contribution in [-0.2, 0) is 14.3 Å². The highest BCUT2D eigenvalue weighted by Gasteiger charge is 2.36. The summed E-state index contributed by atoms with van der Waals surface area (Å²) in [5.74, 6) is -0.349. The van der Waals surface area contributed by atoms with Gasteiger partial charge in [0.05, 0.1) is 17.3 Å². The molecule has 1 heterocycles. The van der Waals surface area contributed by atoms with Gasteiger partial charge in [0.2, 0.25) is 11.8 Å². The molecule has 2 amide bonds. The topological polar surface area (TPSA) is 71.0 Å². The Morgan fingerprint density at radius 1 is 1.42 bits per heavy atom. The van der Waals surface area contributed by atoms with Crippen molar-refractivity contribution in [2.24, 2.45) is 10.9 Å². The first-order valence-electron chi connectivity index (χ1n) is 8.44. The zero-order valence-corrected chi connectivity index (χ0v) is 14.0. The van der Waals surface area contributed by atoms with Crippen LogP contribution >= 0.6 is 0 Å². The third-order valence-corrected chi connectivity index (χ3v) is 4.48. The summed E-state index contributed by atoms with van der Waals surface area (Å²) >= 11 is 0. The summed E-state index contributed by atoms with van der Waals surface area (Å²) in [7, 11) is 1.63. The predicted molar refractivity (Wildman–Crippen MR) is 92.7 cm³/mol. The van der Waals surface area contributed by atoms with Crippen LogP contribution in [0.3, 0.4) is 0 Å². The second kappa shape index (κ2) is 7.57. The van der Waals surface area contributed by atoms with E-state index in [1.54, 1.807) is 12.0 Å². The molecule has 1 atom stereocenters. The number of anilines is 1. The summed E-state index contributed by atoms with van der Waals surface area (Å²) in [6.07, 6.45) is 3.41. The summed E-state index contributed by atoms with van der Waals surface area (Å²) in [5.41, 5.74) is 2.45. The Hall–Kier alpha value is -2.21. The number of carbonyl (C=O) groups is 2. The van der Waals surface area contributed by atoms with Gasteiger partial charge in [0.15, 0.2) is 0 Å². The average molecular weight is 329 g/mol. The smallest absolute Gasteiger partial charge is 0.240 e. The lowest BCUT2D eigenvalue weighted by Crippen LogP contribution is -2.44. The van der Waals surface area contributed by atoms with E-state index in [-0.39, 0.29) is 24.3 Å². The van der Waals surface area contributed by atoms with E-state index in [1.807, 2.05) is 24.3 Å². The van der Waals surface area contributed by atoms with Crippen molar-refractivity contribution in [3.05, 3.63) is 24.3 Å². The number of amides is 2. The van der Waals surface area contributed by atoms with Crippen LogP contribution in [0.4, 0.5) is 11.4 Å². The Balaban J connectivity index is 1.77. The van der Waals surface area contributed by atoms with E-state index in [0.717, 1.165) is 42.8 Å². The summed E-state index contributed by atoms with van der Waals surface area (Å²) in [4.78, 5) is 31.5. The van der Waals surface area contributed by atoms with Gasteiger partial charge in [0, 0.05) is 26.0 Å². The molecule has 1 unspecified atom stereocenters. The molecule has 1 aromatic rings. The van der Waals surface area contributed by atoms with Gasteiger partial charge in [-0.2, -0.15) is 0 Å². The van der Waals surface area contributed by atoms with Crippen molar-refractivity contribution in [3.8, 4) is 0 Å². The highest BCUT2D eigenvalue weighted by atomic mass is 16.5. The number of benzene rings is 1. The van der Waals surface area contributed by atoms with Crippen molar-refractivity contribution >= 4 is 28.9 Å². The Kier molecular flexibility index (Phi) is 5.25. The number of para-hydroxylation sites is 2. The molecule has 0 radical (unpaired) electrons. The number of methoxy groups -OCH3 is 1. The number of hydrogen-bond acceptors (Lipinski definition) is 4. The zero-order valence-electron chi connectivity index (χ0n) is 14.0. The van der Waals surface area contributed by atoms with E-state index >= 15 is 0 Å². The van der Waals surface area contributed by atoms with Crippen LogP contribution in [0.15, 0.2) is 29.3 Å². The van der Waals surface area contributed by atoms with Gasteiger partial charge in [-0.25, -0.2) is 0 Å². The van der Waals surface area contributed by atoms with Gasteiger partial charge in [-0.05, 0) is 37.8 Å². The minimum absolute atomic E-state index is 0.0109. The van der Waals surface area contributed by atoms with Crippen LogP contribution in [0, 0.1) is 5.92 Å². The fraction of sp³-hybridized carbons (Fsp3) is 0.500. The van der Waals surface area contributed by atoms with Crippen molar-refractivity contribution in [1.29, 1.82) is 0 Å². The monoisotopic (exact) mass is 329 g/mol. The molecule has 1 aliphatic carbocycles. The second-order valence-corrected chi connectivity index (χ2v) is 6.16. The average Bonchev–Trinajstić information content (AvgIpc) is 3.01. The molecule has 1 saturated carbocycles. The lowest BCUT2D eigenvalue weighted by atomic mass is 10.1. The quantitative estimate of drug-likeness (QED) is 0.812. The fourth-order valence-corrected chi connectivity index (χ4v) is 3.28. The maximum Gasteiger partial charge on any atom is 0.240 e. The number of fused-ring (bicyclic) bond motifs is 2. The van der Waals surface area contributed by atoms with Gasteiger partial charge < -0.3 is 15.0 Å². The van der Waals surface area contributed by atoms with Gasteiger partial charge in [-0.3, -0.25) is 14.6 Å². The van der Waals surface area contributed by atoms with Crippen LogP contribution in [0.5, 0.6) is 0 Å². The predicted octanol–water partition coefficient (Wildman–Crippen LogP) is 2.06. The van der Waals surface area contributed by atoms with Crippen LogP contribution in [-0.4, -0.2) is 44.3 Å². The molecule has 1 aliphatic heterocycles. The lowest BCUT2D eigenvalue weighted by molar-refractivity contribution is -0.124. The first kappa shape index (κ1) is 16.6. The van der Waals surface area contributed by atoms with Gasteiger partial charge in [-0.15, -0.1) is 0 Å². The van der Waals surface area contributed by atoms with Crippen LogP contribution < -0.4 is 10.2 Å². The number of ether oxygens (including phenoxy) is 1. The van der Waals surface area contributed by atoms with Gasteiger partial charge >= 0.3 is 0 Å². The third kappa shape index (κ3) is 3.48. The van der Waals surface area contributed by atoms with Gasteiger partial charge in [0.1, 0.15) is 6.54 Å². The van der Waals surface area contributed by atoms with Crippen molar-refractivity contribution in [3.63, 3.8) is 0 Å². The molecule has 3 rings (SSSR count). The SMILES string of the molecule is COCCCNC(=O)CN1C(=O)C2CCCC2=Nc2ccccc21. The maximum atomic E-state index is 12.9. The molecular weight excluding hydrogens is 306 g/mol. The summed E-state index contributed by atoms with van der Waals surface area (Å²) in [6.45, 7) is 1.18. The highest BCUT2D eigenvalue weighted by molar-refractivity contribution is 6.16. The van der Waals surface area contributed by atoms with Crippen molar-refractivity contribution < 1.29 is 14.3 Å². The molecular formula is C18H23N3O3. The molecule has 1 N–H and O–H groups in total. The standard InChI is InChI=1S/C18H23N3O3/c1-24-11-5-10-19-17(22)12-21-16-9-3-2-7-15(16)20-14-8-4-6-13(14)18(21)23/h2-3,7,9,13H,4-6,8,10-12H2,1H3,(H,19,22). The molecule has 24 heavy (non-hydrogen) atoms. The van der Waals surface area contributed by atoms with Gasteiger partial charge in [-0.1, -0.05) is 12.1 Å². The first-order valence-corrected chi connectivity index (χ1v) is 8.44. The summed E-state index contributed by atoms with van der Waals surface area (Å²) in [5, 5.41) is 2.85. The van der Waals surface area contributed by atoms with Crippen molar-refractivity contribution in [2.45, 2.75) is 25.7 Å². The van der Waals surface area contributed by atoms with Crippen LogP contribution in [0.1, 0.15) is 25.7 Å². The van der Waals surface area contributed by atoms with Crippen LogP contribution in [0.2, 0.25) is 0 Å². The lowest BCUT2D eigenvalue weighted by Gasteiger charge is -2.24. The minimum atomic E-state index is -0.182. The molecule has 0 saturated heterocycles. The van der Waals surface area contributed by atoms with E-state index in [4.69, 9.17) is 9.73 Å². The molecule has 6 heteroatoms. The summed E-state index contributed by atoms with van der Waals surface area (Å²) in [6, 6.07) is 7.54. The molecule has 2 aliphatic rings. The molecule has 1 aromatic carbocycles. The van der Waals surface area contributed by atoms with Crippen molar-refractivity contribution in [2.75, 3.05) is 31.7 Å². The number of rotatable bonds is 6. The van der Waals surface area contributed by atoms with Gasteiger partial charge in [0.25, 0.3) is 0 Å². The van der Waals surface area contributed by atoms with E-state index in [0.29, 0.717) is 13.2 Å². The van der Waals surface area contributed by atoms with E-state index in [2.05, 4.69) is 5.32 Å². The largest absolute Gasteiger partial charge is 0.385 e. The Bertz CT molecular complexity index is 657. The maximum absolute atomic E-state index is 12.9. The fourth-order valence-electron chi connectivity index (χ4n) is 3.28. The molecule has 0 spiro atoms. The highest BCUT2D eigenvalue weighted by Crippen LogP contribution is 2.37. The minimum Gasteiger partial charge on any atom is -0.385 e. The number of nitrogens with zero attached hydrogens (tertiary/aromatic N) is 2. The van der Waals surface area contributed by atoms with E-state index < -0.39 is 0 Å². The first-order chi connectivity index (χ1) is 11.7. The molecule has 0 aromatic heterocycles. The molecule has 1 fully saturated rings. The molecule has 0 bridgehead atoms. The molecule has 128 valence electrons. The summed E-state index contributed by atoms with van der Waals surface area (Å²) < 4.78 is 4.97. The Labute approximate surface area is 141 Å². The van der Waals surface area contributed by atoms with E-state index in [9.17, 15) is 9.59 Å².